The Morgan fingerprint density at radius 3 is 2.74 bits per heavy atom. The van der Waals surface area contributed by atoms with Crippen molar-refractivity contribution in [3.63, 3.8) is 0 Å². The highest BCUT2D eigenvalue weighted by atomic mass is 79.9. The molecule has 0 aliphatic rings. The fraction of sp³-hybridized carbons (Fsp3) is 0.217. The molecule has 0 aliphatic carbocycles. The maximum atomic E-state index is 11.7. The predicted octanol–water partition coefficient (Wildman–Crippen LogP) is 5.00. The number of aldehydes is 1. The van der Waals surface area contributed by atoms with Gasteiger partial charge in [-0.2, -0.15) is 5.21 Å². The minimum absolute atomic E-state index is 0.242. The molecule has 172 valence electrons. The number of benzene rings is 1. The fourth-order valence-electron chi connectivity index (χ4n) is 3.97. The lowest BCUT2D eigenvalue weighted by molar-refractivity contribution is 0.111. The molecule has 0 bridgehead atoms. The lowest BCUT2D eigenvalue weighted by atomic mass is 10.0. The molecule has 34 heavy (non-hydrogen) atoms. The Morgan fingerprint density at radius 1 is 1.18 bits per heavy atom. The van der Waals surface area contributed by atoms with Crippen LogP contribution in [0, 0.1) is 0 Å². The molecule has 11 heteroatoms. The van der Waals surface area contributed by atoms with Crippen LogP contribution in [-0.4, -0.2) is 45.8 Å². The third kappa shape index (κ3) is 4.03. The average Bonchev–Trinajstić information content (AvgIpc) is 3.56. The van der Waals surface area contributed by atoms with Gasteiger partial charge in [0.05, 0.1) is 0 Å². The number of carbonyl (C=O) groups excluding carboxylic acids is 1. The van der Waals surface area contributed by atoms with Crippen molar-refractivity contribution in [3.8, 4) is 22.6 Å². The van der Waals surface area contributed by atoms with Crippen LogP contribution >= 0.6 is 27.5 Å². The zero-order valence-corrected chi connectivity index (χ0v) is 20.6. The molecule has 0 atom stereocenters. The highest BCUT2D eigenvalue weighted by Gasteiger charge is 2.19. The first-order valence-corrected chi connectivity index (χ1v) is 12.0. The summed E-state index contributed by atoms with van der Waals surface area (Å²) in [6.07, 6.45) is 5.48. The number of carbonyl (C=O) groups is 1. The highest BCUT2D eigenvalue weighted by Crippen LogP contribution is 2.35. The number of hydrogen-bond donors (Lipinski definition) is 1. The zero-order valence-electron chi connectivity index (χ0n) is 18.2. The van der Waals surface area contributed by atoms with Crippen LogP contribution in [0.3, 0.4) is 0 Å². The average molecular weight is 540 g/mol. The first kappa shape index (κ1) is 22.4. The first-order chi connectivity index (χ1) is 16.6. The van der Waals surface area contributed by atoms with Gasteiger partial charge in [-0.05, 0) is 45.3 Å². The highest BCUT2D eigenvalue weighted by molar-refractivity contribution is 9.10. The smallest absolute Gasteiger partial charge is 0.205 e. The second-order valence-electron chi connectivity index (χ2n) is 7.81. The Kier molecular flexibility index (Phi) is 6.25. The van der Waals surface area contributed by atoms with Crippen molar-refractivity contribution >= 4 is 39.5 Å². The molecule has 0 spiro atoms. The lowest BCUT2D eigenvalue weighted by Gasteiger charge is -2.10. The van der Waals surface area contributed by atoms with Crippen LogP contribution < -0.4 is 0 Å². The number of unbranched alkanes of at least 4 members (excludes halogenated alkanes) is 1. The number of hydrogen-bond acceptors (Lipinski definition) is 6. The minimum Gasteiger partial charge on any atom is -0.320 e. The van der Waals surface area contributed by atoms with Crippen LogP contribution in [0.1, 0.15) is 41.6 Å². The third-order valence-corrected chi connectivity index (χ3v) is 6.68. The van der Waals surface area contributed by atoms with Gasteiger partial charge in [0.25, 0.3) is 0 Å². The first-order valence-electron chi connectivity index (χ1n) is 10.8. The Balaban J connectivity index is 1.55. The van der Waals surface area contributed by atoms with Crippen LogP contribution in [0.15, 0.2) is 47.2 Å². The van der Waals surface area contributed by atoms with E-state index in [0.29, 0.717) is 18.1 Å². The maximum Gasteiger partial charge on any atom is 0.205 e. The molecule has 1 aromatic carbocycles. The molecule has 0 saturated carbocycles. The van der Waals surface area contributed by atoms with Crippen LogP contribution in [0.5, 0.6) is 0 Å². The van der Waals surface area contributed by atoms with Gasteiger partial charge < -0.3 is 4.57 Å². The fourth-order valence-corrected chi connectivity index (χ4v) is 4.81. The van der Waals surface area contributed by atoms with E-state index in [9.17, 15) is 4.79 Å². The molecular formula is C23H20BrClN8O. The summed E-state index contributed by atoms with van der Waals surface area (Å²) in [5.74, 6) is 1.31. The number of nitrogens with zero attached hydrogens (tertiary/aromatic N) is 7. The van der Waals surface area contributed by atoms with Crippen LogP contribution in [-0.2, 0) is 13.0 Å². The van der Waals surface area contributed by atoms with Crippen LogP contribution in [0.2, 0.25) is 5.15 Å². The lowest BCUT2D eigenvalue weighted by Crippen LogP contribution is -2.09. The Bertz CT molecular complexity index is 1470. The van der Waals surface area contributed by atoms with Gasteiger partial charge in [0.2, 0.25) is 5.82 Å². The van der Waals surface area contributed by atoms with E-state index < -0.39 is 0 Å². The van der Waals surface area contributed by atoms with E-state index in [1.807, 2.05) is 51.6 Å². The summed E-state index contributed by atoms with van der Waals surface area (Å²) in [4.78, 5) is 21.0. The van der Waals surface area contributed by atoms with Crippen molar-refractivity contribution in [2.75, 3.05) is 0 Å². The van der Waals surface area contributed by atoms with Crippen molar-refractivity contribution in [2.45, 2.75) is 32.7 Å². The Morgan fingerprint density at radius 2 is 2.00 bits per heavy atom. The number of aryl methyl sites for hydroxylation is 1. The second-order valence-corrected chi connectivity index (χ2v) is 8.92. The van der Waals surface area contributed by atoms with Crippen molar-refractivity contribution in [2.24, 2.45) is 0 Å². The van der Waals surface area contributed by atoms with Gasteiger partial charge in [0.1, 0.15) is 27.5 Å². The molecule has 0 amide bonds. The Labute approximate surface area is 208 Å². The van der Waals surface area contributed by atoms with Gasteiger partial charge in [-0.15, -0.1) is 10.2 Å². The number of H-pyrrole nitrogens is 1. The summed E-state index contributed by atoms with van der Waals surface area (Å²) in [6.45, 7) is 2.59. The molecule has 0 fully saturated rings. The quantitative estimate of drug-likeness (QED) is 0.278. The number of tetrazole rings is 1. The number of pyridine rings is 1. The summed E-state index contributed by atoms with van der Waals surface area (Å²) in [7, 11) is 0. The Hall–Kier alpha value is -3.37. The van der Waals surface area contributed by atoms with E-state index >= 15 is 0 Å². The second kappa shape index (κ2) is 9.47. The van der Waals surface area contributed by atoms with Crippen molar-refractivity contribution < 1.29 is 4.79 Å². The number of nitrogens with one attached hydrogen (secondary N) is 1. The maximum absolute atomic E-state index is 11.7. The number of aromatic nitrogens is 8. The largest absolute Gasteiger partial charge is 0.320 e. The molecule has 0 aliphatic heterocycles. The van der Waals surface area contributed by atoms with E-state index in [0.717, 1.165) is 64.0 Å². The minimum atomic E-state index is 0.242. The van der Waals surface area contributed by atoms with Crippen LogP contribution in [0.4, 0.5) is 0 Å². The number of halogens is 2. The number of fused-ring (bicyclic) bond motifs is 1. The number of aromatic amines is 1. The van der Waals surface area contributed by atoms with Gasteiger partial charge in [0, 0.05) is 30.3 Å². The van der Waals surface area contributed by atoms with E-state index in [2.05, 4.69) is 48.5 Å². The van der Waals surface area contributed by atoms with Gasteiger partial charge in [0.15, 0.2) is 11.4 Å². The molecule has 4 aromatic heterocycles. The van der Waals surface area contributed by atoms with E-state index in [1.165, 1.54) is 0 Å². The van der Waals surface area contributed by atoms with Gasteiger partial charge in [-0.25, -0.2) is 9.97 Å². The van der Waals surface area contributed by atoms with E-state index in [-0.39, 0.29) is 5.15 Å². The molecular weight excluding hydrogens is 520 g/mol. The molecule has 0 unspecified atom stereocenters. The molecule has 0 radical (unpaired) electrons. The number of rotatable bonds is 8. The van der Waals surface area contributed by atoms with Gasteiger partial charge in [-0.3, -0.25) is 9.20 Å². The van der Waals surface area contributed by atoms with E-state index in [1.54, 1.807) is 0 Å². The molecule has 1 N–H and O–H groups in total. The van der Waals surface area contributed by atoms with Gasteiger partial charge >= 0.3 is 0 Å². The molecule has 5 aromatic rings. The zero-order chi connectivity index (χ0) is 23.7. The molecule has 4 heterocycles. The normalized spacial score (nSPS) is 11.4. The summed E-state index contributed by atoms with van der Waals surface area (Å²) in [5.41, 5.74) is 4.61. The van der Waals surface area contributed by atoms with Crippen molar-refractivity contribution in [3.05, 3.63) is 69.4 Å². The van der Waals surface area contributed by atoms with Crippen molar-refractivity contribution in [1.29, 1.82) is 0 Å². The summed E-state index contributed by atoms with van der Waals surface area (Å²) in [5, 5.41) is 14.7. The summed E-state index contributed by atoms with van der Waals surface area (Å²) >= 11 is 9.94. The monoisotopic (exact) mass is 538 g/mol. The topological polar surface area (TPSA) is 107 Å². The molecule has 0 saturated heterocycles. The summed E-state index contributed by atoms with van der Waals surface area (Å²) in [6, 6.07) is 11.8. The standard InChI is InChI=1S/C23H20BrClN8O/c1-2-3-8-18-27-22(25)17(13-34)33(18)12-14-9-10-32-19(11-14)26-20(21(32)24)15-6-4-5-7-16(15)23-28-30-31-29-23/h4-7,9-11,13H,2-3,8,12H2,1H3,(H,28,29,30,31). The third-order valence-electron chi connectivity index (χ3n) is 5.65. The SMILES string of the molecule is CCCCc1nc(Cl)c(C=O)n1Cc1ccn2c(Br)c(-c3ccccc3-c3nn[nH]n3)nc2c1. The number of imidazole rings is 2. The molecule has 5 rings (SSSR count). The van der Waals surface area contributed by atoms with Gasteiger partial charge in [-0.1, -0.05) is 49.2 Å². The van der Waals surface area contributed by atoms with Crippen LogP contribution in [0.25, 0.3) is 28.3 Å². The van der Waals surface area contributed by atoms with Crippen molar-refractivity contribution in [1.82, 2.24) is 39.6 Å². The van der Waals surface area contributed by atoms with E-state index in [4.69, 9.17) is 16.6 Å². The predicted molar refractivity (Wildman–Crippen MR) is 132 cm³/mol. The summed E-state index contributed by atoms with van der Waals surface area (Å²) < 4.78 is 4.67. The molecule has 9 nitrogen and oxygen atoms in total.